The van der Waals surface area contributed by atoms with Gasteiger partial charge in [-0.2, -0.15) is 4.99 Å². The number of nitrogens with two attached hydrogens (primary N) is 1. The van der Waals surface area contributed by atoms with E-state index >= 15 is 0 Å². The van der Waals surface area contributed by atoms with E-state index in [-0.39, 0.29) is 24.1 Å². The van der Waals surface area contributed by atoms with Gasteiger partial charge in [-0.15, -0.1) is 0 Å². The number of rotatable bonds is 1. The van der Waals surface area contributed by atoms with Crippen molar-refractivity contribution in [2.45, 2.75) is 6.04 Å². The Morgan fingerprint density at radius 1 is 1.60 bits per heavy atom. The Morgan fingerprint density at radius 2 is 2.33 bits per heavy atom. The molecule has 0 aromatic rings. The smallest absolute Gasteiger partial charge is 0.351 e. The maximum Gasteiger partial charge on any atom is 0.351 e. The van der Waals surface area contributed by atoms with E-state index in [1.807, 2.05) is 0 Å². The van der Waals surface area contributed by atoms with Crippen molar-refractivity contribution in [1.82, 2.24) is 5.32 Å². The van der Waals surface area contributed by atoms with Crippen LogP contribution in [0.4, 0.5) is 0 Å². The first-order valence-electron chi connectivity index (χ1n) is 4.07. The highest BCUT2D eigenvalue weighted by Gasteiger charge is 2.32. The molecule has 0 saturated heterocycles. The number of nitrogens with zero attached hydrogens (tertiary/aromatic N) is 3. The predicted molar refractivity (Wildman–Crippen MR) is 50.9 cm³/mol. The third kappa shape index (κ3) is 1.56. The normalized spacial score (nSPS) is 24.4. The molecule has 15 heavy (non-hydrogen) atoms. The molecule has 0 spiro atoms. The zero-order chi connectivity index (χ0) is 11.0. The molecule has 2 heterocycles. The van der Waals surface area contributed by atoms with Crippen molar-refractivity contribution in [3.05, 3.63) is 0 Å². The quantitative estimate of drug-likeness (QED) is 0.449. The van der Waals surface area contributed by atoms with Crippen molar-refractivity contribution in [2.75, 3.05) is 6.54 Å². The molecule has 2 aliphatic rings. The van der Waals surface area contributed by atoms with E-state index in [9.17, 15) is 9.59 Å². The van der Waals surface area contributed by atoms with Gasteiger partial charge in [-0.05, 0) is 0 Å². The Hall–Kier alpha value is -2.25. The number of aliphatic imine (C=N–C) groups is 3. The number of fused-ring (bicyclic) bond motifs is 1. The number of nitrogens with one attached hydrogen (secondary N) is 1. The number of carbonyl (C=O) groups excluding carboxylic acids is 1. The number of amidine groups is 1. The Morgan fingerprint density at radius 3 is 3.00 bits per heavy atom. The number of aliphatic carboxylic acids is 1. The average Bonchev–Trinajstić information content (AvgIpc) is 2.16. The summed E-state index contributed by atoms with van der Waals surface area (Å²) in [6.45, 7) is -0.0920. The molecule has 2 rings (SSSR count). The van der Waals surface area contributed by atoms with Gasteiger partial charge in [0.1, 0.15) is 5.71 Å². The van der Waals surface area contributed by atoms with Crippen molar-refractivity contribution in [2.24, 2.45) is 20.7 Å². The predicted octanol–water partition coefficient (Wildman–Crippen LogP) is -2.26. The summed E-state index contributed by atoms with van der Waals surface area (Å²) in [6, 6.07) is -0.989. The molecule has 2 aliphatic heterocycles. The van der Waals surface area contributed by atoms with Crippen LogP contribution in [0.3, 0.4) is 0 Å². The molecule has 0 aliphatic carbocycles. The highest BCUT2D eigenvalue weighted by molar-refractivity contribution is 6.38. The monoisotopic (exact) mass is 209 g/mol. The fraction of sp³-hybridized carbons (Fsp3) is 0.286. The highest BCUT2D eigenvalue weighted by Crippen LogP contribution is 2.08. The van der Waals surface area contributed by atoms with Gasteiger partial charge < -0.3 is 10.8 Å². The van der Waals surface area contributed by atoms with E-state index in [1.165, 1.54) is 0 Å². The lowest BCUT2D eigenvalue weighted by molar-refractivity contribution is -0.129. The zero-order valence-electron chi connectivity index (χ0n) is 7.47. The average molecular weight is 209 g/mol. The molecule has 78 valence electrons. The summed E-state index contributed by atoms with van der Waals surface area (Å²) in [7, 11) is 0. The molecule has 0 saturated carbocycles. The van der Waals surface area contributed by atoms with Crippen LogP contribution >= 0.6 is 0 Å². The molecule has 1 unspecified atom stereocenters. The molecule has 0 bridgehead atoms. The molecule has 8 nitrogen and oxygen atoms in total. The van der Waals surface area contributed by atoms with Crippen molar-refractivity contribution >= 4 is 29.4 Å². The van der Waals surface area contributed by atoms with Crippen LogP contribution in [0.5, 0.6) is 0 Å². The maximum absolute atomic E-state index is 11.4. The molecule has 0 radical (unpaired) electrons. The molecule has 0 fully saturated rings. The second-order valence-corrected chi connectivity index (χ2v) is 2.94. The molecular weight excluding hydrogens is 202 g/mol. The van der Waals surface area contributed by atoms with Crippen molar-refractivity contribution in [1.29, 1.82) is 0 Å². The number of amides is 1. The van der Waals surface area contributed by atoms with Gasteiger partial charge in [-0.25, -0.2) is 4.79 Å². The summed E-state index contributed by atoms with van der Waals surface area (Å²) in [4.78, 5) is 33.3. The SMILES string of the molecule is NC1=NC2=NCC(C(=O)O)=NC2C(=O)N1. The molecule has 0 aromatic heterocycles. The number of guanidine groups is 1. The molecule has 4 N–H and O–H groups in total. The number of carboxylic acid groups (broad SMARTS) is 1. The highest BCUT2D eigenvalue weighted by atomic mass is 16.4. The molecule has 8 heteroatoms. The Kier molecular flexibility index (Phi) is 1.96. The van der Waals surface area contributed by atoms with E-state index in [2.05, 4.69) is 20.3 Å². The summed E-state index contributed by atoms with van der Waals surface area (Å²) in [6.07, 6.45) is 0. The molecular formula is C7H7N5O3. The van der Waals surface area contributed by atoms with Crippen LogP contribution in [0.15, 0.2) is 15.0 Å². The van der Waals surface area contributed by atoms with E-state index in [0.29, 0.717) is 0 Å². The molecule has 0 aromatic carbocycles. The van der Waals surface area contributed by atoms with Gasteiger partial charge in [-0.3, -0.25) is 20.1 Å². The number of hydrogen-bond acceptors (Lipinski definition) is 6. The molecule has 1 amide bonds. The lowest BCUT2D eigenvalue weighted by Crippen LogP contribution is -2.51. The zero-order valence-corrected chi connectivity index (χ0v) is 7.47. The largest absolute Gasteiger partial charge is 0.477 e. The summed E-state index contributed by atoms with van der Waals surface area (Å²) >= 11 is 0. The van der Waals surface area contributed by atoms with Crippen molar-refractivity contribution < 1.29 is 14.7 Å². The van der Waals surface area contributed by atoms with Crippen LogP contribution in [0.1, 0.15) is 0 Å². The number of carbonyl (C=O) groups is 2. The molecule has 1 atom stereocenters. The van der Waals surface area contributed by atoms with Crippen LogP contribution < -0.4 is 11.1 Å². The second-order valence-electron chi connectivity index (χ2n) is 2.94. The van der Waals surface area contributed by atoms with Gasteiger partial charge >= 0.3 is 5.97 Å². The Labute approximate surface area is 83.6 Å². The van der Waals surface area contributed by atoms with Gasteiger partial charge in [0, 0.05) is 0 Å². The van der Waals surface area contributed by atoms with Crippen LogP contribution in [-0.4, -0.2) is 47.1 Å². The minimum absolute atomic E-state index is 0.0519. The standard InChI is InChI=1S/C7H7N5O3/c8-7-11-4-3(5(13)12-7)10-2(1-9-4)6(14)15/h3H,1H2,(H,14,15)(H3,8,9,11,12,13). The maximum atomic E-state index is 11.4. The first-order chi connectivity index (χ1) is 7.08. The van der Waals surface area contributed by atoms with Crippen LogP contribution in [0.2, 0.25) is 0 Å². The van der Waals surface area contributed by atoms with Gasteiger partial charge in [-0.1, -0.05) is 0 Å². The minimum Gasteiger partial charge on any atom is -0.477 e. The fourth-order valence-corrected chi connectivity index (χ4v) is 1.24. The lowest BCUT2D eigenvalue weighted by atomic mass is 10.2. The van der Waals surface area contributed by atoms with E-state index in [1.54, 1.807) is 0 Å². The summed E-state index contributed by atoms with van der Waals surface area (Å²) in [5, 5.41) is 10.9. The van der Waals surface area contributed by atoms with Gasteiger partial charge in [0.05, 0.1) is 6.54 Å². The van der Waals surface area contributed by atoms with Crippen molar-refractivity contribution in [3.63, 3.8) is 0 Å². The van der Waals surface area contributed by atoms with Gasteiger partial charge in [0.2, 0.25) is 5.96 Å². The lowest BCUT2D eigenvalue weighted by Gasteiger charge is -2.21. The first-order valence-corrected chi connectivity index (χ1v) is 4.07. The Balaban J connectivity index is 2.35. The van der Waals surface area contributed by atoms with Crippen molar-refractivity contribution in [3.8, 4) is 0 Å². The van der Waals surface area contributed by atoms with E-state index < -0.39 is 17.9 Å². The summed E-state index contributed by atoms with van der Waals surface area (Å²) in [5.74, 6) is -1.60. The third-order valence-corrected chi connectivity index (χ3v) is 1.90. The fourth-order valence-electron chi connectivity index (χ4n) is 1.24. The van der Waals surface area contributed by atoms with Crippen LogP contribution in [0, 0.1) is 0 Å². The second kappa shape index (κ2) is 3.15. The van der Waals surface area contributed by atoms with Gasteiger partial charge in [0.15, 0.2) is 11.9 Å². The summed E-state index contributed by atoms with van der Waals surface area (Å²) < 4.78 is 0. The first kappa shape index (κ1) is 9.31. The number of hydrogen-bond donors (Lipinski definition) is 3. The minimum atomic E-state index is -1.19. The topological polar surface area (TPSA) is 130 Å². The van der Waals surface area contributed by atoms with E-state index in [4.69, 9.17) is 10.8 Å². The van der Waals surface area contributed by atoms with E-state index in [0.717, 1.165) is 0 Å². The van der Waals surface area contributed by atoms with Crippen LogP contribution in [0.25, 0.3) is 0 Å². The Bertz CT molecular complexity index is 436. The summed E-state index contributed by atoms with van der Waals surface area (Å²) in [5.41, 5.74) is 5.14. The third-order valence-electron chi connectivity index (χ3n) is 1.90. The van der Waals surface area contributed by atoms with Crippen LogP contribution in [-0.2, 0) is 9.59 Å². The van der Waals surface area contributed by atoms with Gasteiger partial charge in [0.25, 0.3) is 5.91 Å². The number of carboxylic acids is 1.